The number of methoxy groups -OCH3 is 1. The van der Waals surface area contributed by atoms with Crippen LogP contribution in [0.25, 0.3) is 11.4 Å². The molecule has 4 rings (SSSR count). The van der Waals surface area contributed by atoms with Crippen molar-refractivity contribution in [1.29, 1.82) is 0 Å². The van der Waals surface area contributed by atoms with E-state index in [0.717, 1.165) is 11.3 Å². The number of amidine groups is 1. The first-order chi connectivity index (χ1) is 14.9. The van der Waals surface area contributed by atoms with Gasteiger partial charge in [0.2, 0.25) is 5.91 Å². The molecule has 31 heavy (non-hydrogen) atoms. The summed E-state index contributed by atoms with van der Waals surface area (Å²) in [6.07, 6.45) is 0. The fourth-order valence-corrected chi connectivity index (χ4v) is 4.28. The smallest absolute Gasteiger partial charge is 0.263 e. The molecule has 0 saturated heterocycles. The predicted octanol–water partition coefficient (Wildman–Crippen LogP) is 1.22. The highest BCUT2D eigenvalue weighted by molar-refractivity contribution is 7.90. The topological polar surface area (TPSA) is 138 Å². The molecule has 0 aliphatic carbocycles. The molecule has 3 N–H and O–H groups in total. The molecule has 0 unspecified atom stereocenters. The van der Waals surface area contributed by atoms with Crippen molar-refractivity contribution in [3.63, 3.8) is 0 Å². The van der Waals surface area contributed by atoms with Crippen LogP contribution in [0.3, 0.4) is 0 Å². The third kappa shape index (κ3) is 4.26. The van der Waals surface area contributed by atoms with E-state index < -0.39 is 16.1 Å². The second kappa shape index (κ2) is 8.19. The van der Waals surface area contributed by atoms with Crippen molar-refractivity contribution in [2.75, 3.05) is 7.11 Å². The Morgan fingerprint density at radius 1 is 1.19 bits per heavy atom. The molecule has 1 aliphatic rings. The number of rotatable bonds is 6. The normalized spacial score (nSPS) is 16.4. The van der Waals surface area contributed by atoms with Crippen LogP contribution in [-0.4, -0.2) is 48.5 Å². The van der Waals surface area contributed by atoms with Crippen molar-refractivity contribution < 1.29 is 17.9 Å². The summed E-state index contributed by atoms with van der Waals surface area (Å²) in [5, 5.41) is 9.67. The lowest BCUT2D eigenvalue weighted by Crippen LogP contribution is -2.33. The van der Waals surface area contributed by atoms with Crippen molar-refractivity contribution in [2.24, 2.45) is 4.99 Å². The Kier molecular flexibility index (Phi) is 5.42. The van der Waals surface area contributed by atoms with Gasteiger partial charge in [0.1, 0.15) is 23.5 Å². The van der Waals surface area contributed by atoms with E-state index in [1.165, 1.54) is 6.07 Å². The molecule has 1 aliphatic heterocycles. The Morgan fingerprint density at radius 2 is 1.94 bits per heavy atom. The van der Waals surface area contributed by atoms with Gasteiger partial charge in [0.15, 0.2) is 5.82 Å². The average Bonchev–Trinajstić information content (AvgIpc) is 3.35. The molecule has 1 atom stereocenters. The van der Waals surface area contributed by atoms with Crippen molar-refractivity contribution >= 4 is 21.8 Å². The molecule has 2 aromatic carbocycles. The Hall–Kier alpha value is -3.73. The number of aliphatic imine (C=N–C) groups is 1. The number of hydrogen-bond acceptors (Lipinski definition) is 7. The number of fused-ring (bicyclic) bond motifs is 1. The van der Waals surface area contributed by atoms with Gasteiger partial charge in [-0.05, 0) is 43.3 Å². The molecule has 10 nitrogen and oxygen atoms in total. The van der Waals surface area contributed by atoms with E-state index in [0.29, 0.717) is 17.2 Å². The summed E-state index contributed by atoms with van der Waals surface area (Å²) in [4.78, 5) is 21.2. The number of sulfonamides is 1. The molecule has 0 bridgehead atoms. The summed E-state index contributed by atoms with van der Waals surface area (Å²) in [6, 6.07) is 13.0. The van der Waals surface area contributed by atoms with Crippen LogP contribution in [0.2, 0.25) is 0 Å². The van der Waals surface area contributed by atoms with Gasteiger partial charge in [-0.1, -0.05) is 12.1 Å². The Labute approximate surface area is 178 Å². The fraction of sp³-hybridized carbons (Fsp3) is 0.200. The van der Waals surface area contributed by atoms with Gasteiger partial charge in [-0.2, -0.15) is 5.10 Å². The summed E-state index contributed by atoms with van der Waals surface area (Å²) < 4.78 is 31.8. The zero-order chi connectivity index (χ0) is 22.0. The zero-order valence-corrected chi connectivity index (χ0v) is 17.6. The second-order valence-corrected chi connectivity index (χ2v) is 8.46. The maximum Gasteiger partial charge on any atom is 0.263 e. The van der Waals surface area contributed by atoms with Crippen molar-refractivity contribution in [3.8, 4) is 17.1 Å². The molecule has 1 amide bonds. The number of amides is 1. The largest absolute Gasteiger partial charge is 0.497 e. The standard InChI is InChI=1S/C20H20N6O4S/c1-12(22-19-15-5-3-4-6-16(15)31(28,29)26-19)20(27)21-11-17-23-18(25-24-17)13-7-9-14(30-2)10-8-13/h3-10,12H,11H2,1-2H3,(H,21,27)(H,22,26)(H,23,24,25)/t12-/m0/s1. The first-order valence-electron chi connectivity index (χ1n) is 9.41. The van der Waals surface area contributed by atoms with E-state index in [-0.39, 0.29) is 23.2 Å². The number of aromatic nitrogens is 3. The van der Waals surface area contributed by atoms with Crippen molar-refractivity contribution in [3.05, 3.63) is 59.9 Å². The summed E-state index contributed by atoms with van der Waals surface area (Å²) in [7, 11) is -2.06. The number of nitrogens with zero attached hydrogens (tertiary/aromatic N) is 3. The van der Waals surface area contributed by atoms with Crippen LogP contribution in [-0.2, 0) is 21.4 Å². The lowest BCUT2D eigenvalue weighted by atomic mass is 10.2. The average molecular weight is 440 g/mol. The van der Waals surface area contributed by atoms with Crippen LogP contribution in [0.5, 0.6) is 5.75 Å². The number of nitrogens with one attached hydrogen (secondary N) is 3. The number of ether oxygens (including phenoxy) is 1. The molecular formula is C20H20N6O4S. The van der Waals surface area contributed by atoms with E-state index in [2.05, 4.69) is 30.2 Å². The molecule has 1 aromatic heterocycles. The monoisotopic (exact) mass is 440 g/mol. The van der Waals surface area contributed by atoms with E-state index in [1.807, 2.05) is 24.3 Å². The van der Waals surface area contributed by atoms with Crippen LogP contribution < -0.4 is 14.8 Å². The minimum atomic E-state index is -3.65. The molecule has 0 radical (unpaired) electrons. The van der Waals surface area contributed by atoms with Crippen LogP contribution in [0.1, 0.15) is 18.3 Å². The number of H-pyrrole nitrogens is 1. The highest BCUT2D eigenvalue weighted by atomic mass is 32.2. The van der Waals surface area contributed by atoms with E-state index >= 15 is 0 Å². The van der Waals surface area contributed by atoms with Crippen LogP contribution in [0, 0.1) is 0 Å². The third-order valence-corrected chi connectivity index (χ3v) is 6.07. The van der Waals surface area contributed by atoms with Gasteiger partial charge in [-0.25, -0.2) is 13.4 Å². The van der Waals surface area contributed by atoms with Gasteiger partial charge < -0.3 is 10.1 Å². The number of aromatic amines is 1. The van der Waals surface area contributed by atoms with Crippen LogP contribution >= 0.6 is 0 Å². The molecule has 2 heterocycles. The summed E-state index contributed by atoms with van der Waals surface area (Å²) in [5.74, 6) is 1.48. The molecule has 11 heteroatoms. The molecule has 0 spiro atoms. The maximum absolute atomic E-state index is 12.5. The predicted molar refractivity (Wildman–Crippen MR) is 113 cm³/mol. The van der Waals surface area contributed by atoms with Crippen LogP contribution in [0.4, 0.5) is 0 Å². The van der Waals surface area contributed by atoms with E-state index in [4.69, 9.17) is 4.74 Å². The summed E-state index contributed by atoms with van der Waals surface area (Å²) in [6.45, 7) is 1.71. The first kappa shape index (κ1) is 20.5. The Morgan fingerprint density at radius 3 is 2.68 bits per heavy atom. The molecule has 3 aromatic rings. The lowest BCUT2D eigenvalue weighted by Gasteiger charge is -2.08. The first-order valence-corrected chi connectivity index (χ1v) is 10.9. The third-order valence-electron chi connectivity index (χ3n) is 4.67. The minimum Gasteiger partial charge on any atom is -0.497 e. The Bertz CT molecular complexity index is 1250. The van der Waals surface area contributed by atoms with Gasteiger partial charge in [0.05, 0.1) is 18.6 Å². The quantitative estimate of drug-likeness (QED) is 0.527. The summed E-state index contributed by atoms with van der Waals surface area (Å²) in [5.41, 5.74) is 1.25. The lowest BCUT2D eigenvalue weighted by molar-refractivity contribution is -0.122. The fourth-order valence-electron chi connectivity index (χ4n) is 3.04. The Balaban J connectivity index is 1.40. The van der Waals surface area contributed by atoms with Gasteiger partial charge in [-0.15, -0.1) is 0 Å². The van der Waals surface area contributed by atoms with E-state index in [1.54, 1.807) is 32.2 Å². The van der Waals surface area contributed by atoms with Crippen molar-refractivity contribution in [2.45, 2.75) is 24.4 Å². The van der Waals surface area contributed by atoms with E-state index in [9.17, 15) is 13.2 Å². The maximum atomic E-state index is 12.5. The number of carbonyl (C=O) groups excluding carboxylic acids is 1. The van der Waals surface area contributed by atoms with Gasteiger partial charge in [-0.3, -0.25) is 19.6 Å². The highest BCUT2D eigenvalue weighted by Crippen LogP contribution is 2.22. The molecule has 0 fully saturated rings. The molecular weight excluding hydrogens is 420 g/mol. The van der Waals surface area contributed by atoms with Gasteiger partial charge >= 0.3 is 0 Å². The SMILES string of the molecule is COc1ccc(-c2n[nH]c(CNC(=O)[C@H](C)N=C3NS(=O)(=O)c4ccccc43)n2)cc1. The molecule has 0 saturated carbocycles. The van der Waals surface area contributed by atoms with Crippen LogP contribution in [0.15, 0.2) is 58.4 Å². The van der Waals surface area contributed by atoms with Gasteiger partial charge in [0, 0.05) is 11.1 Å². The van der Waals surface area contributed by atoms with Gasteiger partial charge in [0.25, 0.3) is 10.0 Å². The molecule has 160 valence electrons. The number of benzene rings is 2. The zero-order valence-electron chi connectivity index (χ0n) is 16.8. The summed E-state index contributed by atoms with van der Waals surface area (Å²) >= 11 is 0. The number of carbonyl (C=O) groups is 1. The van der Waals surface area contributed by atoms with Crippen molar-refractivity contribution in [1.82, 2.24) is 25.2 Å². The highest BCUT2D eigenvalue weighted by Gasteiger charge is 2.31. The number of hydrogen-bond donors (Lipinski definition) is 3. The minimum absolute atomic E-state index is 0.124. The second-order valence-electron chi connectivity index (χ2n) is 6.81.